The standard InChI is InChI=1S/C22H25N3O4/c1-16(21(26)25-10-4-6-17-5-2-3-7-19(17)25)29-22(27)18-8-9-20(23-15-18)24-11-13-28-14-12-24/h2-3,5,7-9,15-16H,4,6,10-14H2,1H3. The molecule has 0 saturated carbocycles. The average molecular weight is 395 g/mol. The van der Waals surface area contributed by atoms with Gasteiger partial charge in [0, 0.05) is 31.5 Å². The average Bonchev–Trinajstić information content (AvgIpc) is 2.79. The molecule has 2 aromatic rings. The number of carbonyl (C=O) groups excluding carboxylic acids is 2. The zero-order valence-corrected chi connectivity index (χ0v) is 16.5. The minimum atomic E-state index is -0.868. The molecule has 0 bridgehead atoms. The number of carbonyl (C=O) groups is 2. The van der Waals surface area contributed by atoms with Crippen molar-refractivity contribution in [2.75, 3.05) is 42.6 Å². The molecule has 1 saturated heterocycles. The third kappa shape index (κ3) is 4.24. The van der Waals surface area contributed by atoms with Crippen LogP contribution in [0.15, 0.2) is 42.6 Å². The second kappa shape index (κ2) is 8.61. The maximum absolute atomic E-state index is 12.9. The lowest BCUT2D eigenvalue weighted by atomic mass is 10.0. The van der Waals surface area contributed by atoms with E-state index in [1.165, 1.54) is 6.20 Å². The Hall–Kier alpha value is -2.93. The van der Waals surface area contributed by atoms with Gasteiger partial charge in [-0.15, -0.1) is 0 Å². The van der Waals surface area contributed by atoms with Crippen molar-refractivity contribution in [2.45, 2.75) is 25.9 Å². The van der Waals surface area contributed by atoms with Gasteiger partial charge in [0.15, 0.2) is 6.10 Å². The quantitative estimate of drug-likeness (QED) is 0.741. The second-order valence-corrected chi connectivity index (χ2v) is 7.27. The Balaban J connectivity index is 1.40. The minimum Gasteiger partial charge on any atom is -0.449 e. The summed E-state index contributed by atoms with van der Waals surface area (Å²) in [5.74, 6) is 0.0551. The molecule has 2 aliphatic rings. The molecular formula is C22H25N3O4. The minimum absolute atomic E-state index is 0.205. The molecule has 7 heteroatoms. The molecule has 152 valence electrons. The van der Waals surface area contributed by atoms with Gasteiger partial charge in [-0.2, -0.15) is 0 Å². The lowest BCUT2D eigenvalue weighted by molar-refractivity contribution is -0.126. The van der Waals surface area contributed by atoms with E-state index in [0.29, 0.717) is 25.3 Å². The zero-order valence-electron chi connectivity index (χ0n) is 16.5. The van der Waals surface area contributed by atoms with Crippen molar-refractivity contribution in [1.29, 1.82) is 0 Å². The van der Waals surface area contributed by atoms with Gasteiger partial charge in [-0.3, -0.25) is 4.79 Å². The Kier molecular flexibility index (Phi) is 5.76. The molecule has 4 rings (SSSR count). The molecule has 1 atom stereocenters. The zero-order chi connectivity index (χ0) is 20.2. The summed E-state index contributed by atoms with van der Waals surface area (Å²) in [5.41, 5.74) is 2.39. The highest BCUT2D eigenvalue weighted by atomic mass is 16.5. The normalized spacial score (nSPS) is 17.4. The maximum atomic E-state index is 12.9. The van der Waals surface area contributed by atoms with Crippen molar-refractivity contribution >= 4 is 23.4 Å². The maximum Gasteiger partial charge on any atom is 0.340 e. The first-order chi connectivity index (χ1) is 14.1. The molecule has 1 aromatic heterocycles. The number of aromatic nitrogens is 1. The Morgan fingerprint density at radius 3 is 2.66 bits per heavy atom. The van der Waals surface area contributed by atoms with Crippen LogP contribution in [0.4, 0.5) is 11.5 Å². The predicted octanol–water partition coefficient (Wildman–Crippen LogP) is 2.44. The van der Waals surface area contributed by atoms with E-state index in [-0.39, 0.29) is 5.91 Å². The monoisotopic (exact) mass is 395 g/mol. The summed E-state index contributed by atoms with van der Waals surface area (Å²) in [5, 5.41) is 0. The fraction of sp³-hybridized carbons (Fsp3) is 0.409. The van der Waals surface area contributed by atoms with Crippen LogP contribution in [-0.2, 0) is 20.7 Å². The number of esters is 1. The van der Waals surface area contributed by atoms with Crippen molar-refractivity contribution in [3.8, 4) is 0 Å². The first kappa shape index (κ1) is 19.4. The number of para-hydroxylation sites is 1. The fourth-order valence-electron chi connectivity index (χ4n) is 3.75. The Morgan fingerprint density at radius 2 is 1.90 bits per heavy atom. The molecule has 0 spiro atoms. The van der Waals surface area contributed by atoms with Crippen molar-refractivity contribution < 1.29 is 19.1 Å². The van der Waals surface area contributed by atoms with Crippen LogP contribution in [0.2, 0.25) is 0 Å². The summed E-state index contributed by atoms with van der Waals surface area (Å²) < 4.78 is 10.8. The predicted molar refractivity (Wildman–Crippen MR) is 109 cm³/mol. The topological polar surface area (TPSA) is 72.0 Å². The fourth-order valence-corrected chi connectivity index (χ4v) is 3.75. The van der Waals surface area contributed by atoms with Gasteiger partial charge in [-0.25, -0.2) is 9.78 Å². The number of nitrogens with zero attached hydrogens (tertiary/aromatic N) is 3. The van der Waals surface area contributed by atoms with Crippen LogP contribution in [0.5, 0.6) is 0 Å². The third-order valence-corrected chi connectivity index (χ3v) is 5.33. The van der Waals surface area contributed by atoms with E-state index in [2.05, 4.69) is 9.88 Å². The van der Waals surface area contributed by atoms with Crippen molar-refractivity contribution in [3.63, 3.8) is 0 Å². The van der Waals surface area contributed by atoms with Gasteiger partial charge in [0.2, 0.25) is 0 Å². The number of rotatable bonds is 4. The van der Waals surface area contributed by atoms with E-state index in [4.69, 9.17) is 9.47 Å². The summed E-state index contributed by atoms with van der Waals surface area (Å²) in [6.07, 6.45) is 2.49. The molecule has 29 heavy (non-hydrogen) atoms. The van der Waals surface area contributed by atoms with Crippen molar-refractivity contribution in [1.82, 2.24) is 4.98 Å². The van der Waals surface area contributed by atoms with Crippen LogP contribution in [0.25, 0.3) is 0 Å². The van der Waals surface area contributed by atoms with Gasteiger partial charge in [0.05, 0.1) is 18.8 Å². The summed E-state index contributed by atoms with van der Waals surface area (Å²) in [6, 6.07) is 11.4. The van der Waals surface area contributed by atoms with Gasteiger partial charge in [-0.1, -0.05) is 18.2 Å². The van der Waals surface area contributed by atoms with Crippen LogP contribution < -0.4 is 9.80 Å². The SMILES string of the molecule is CC(OC(=O)c1ccc(N2CCOCC2)nc1)C(=O)N1CCCc2ccccc21. The number of amides is 1. The first-order valence-electron chi connectivity index (χ1n) is 10.0. The van der Waals surface area contributed by atoms with Crippen LogP contribution in [0.1, 0.15) is 29.3 Å². The van der Waals surface area contributed by atoms with E-state index in [9.17, 15) is 9.59 Å². The van der Waals surface area contributed by atoms with E-state index < -0.39 is 12.1 Å². The number of morpholine rings is 1. The molecule has 1 fully saturated rings. The molecule has 3 heterocycles. The van der Waals surface area contributed by atoms with E-state index >= 15 is 0 Å². The lowest BCUT2D eigenvalue weighted by Crippen LogP contribution is -2.42. The largest absolute Gasteiger partial charge is 0.449 e. The van der Waals surface area contributed by atoms with Gasteiger partial charge < -0.3 is 19.3 Å². The first-order valence-corrected chi connectivity index (χ1v) is 10.0. The molecule has 1 amide bonds. The number of hydrogen-bond donors (Lipinski definition) is 0. The number of fused-ring (bicyclic) bond motifs is 1. The van der Waals surface area contributed by atoms with Crippen LogP contribution >= 0.6 is 0 Å². The Bertz CT molecular complexity index is 878. The van der Waals surface area contributed by atoms with Crippen molar-refractivity contribution in [3.05, 3.63) is 53.7 Å². The van der Waals surface area contributed by atoms with Crippen LogP contribution in [-0.4, -0.2) is 55.8 Å². The molecular weight excluding hydrogens is 370 g/mol. The smallest absolute Gasteiger partial charge is 0.340 e. The molecule has 0 N–H and O–H groups in total. The second-order valence-electron chi connectivity index (χ2n) is 7.27. The number of ether oxygens (including phenoxy) is 2. The molecule has 1 unspecified atom stereocenters. The molecule has 1 aromatic carbocycles. The Labute approximate surface area is 170 Å². The number of hydrogen-bond acceptors (Lipinski definition) is 6. The highest BCUT2D eigenvalue weighted by molar-refractivity contribution is 5.99. The van der Waals surface area contributed by atoms with E-state index in [1.54, 1.807) is 24.0 Å². The van der Waals surface area contributed by atoms with Gasteiger partial charge in [0.25, 0.3) is 5.91 Å². The molecule has 0 radical (unpaired) electrons. The lowest BCUT2D eigenvalue weighted by Gasteiger charge is -2.31. The molecule has 2 aliphatic heterocycles. The number of aryl methyl sites for hydroxylation is 1. The van der Waals surface area contributed by atoms with Crippen molar-refractivity contribution in [2.24, 2.45) is 0 Å². The van der Waals surface area contributed by atoms with Gasteiger partial charge >= 0.3 is 5.97 Å². The summed E-state index contributed by atoms with van der Waals surface area (Å²) in [7, 11) is 0. The molecule has 0 aliphatic carbocycles. The third-order valence-electron chi connectivity index (χ3n) is 5.33. The number of anilines is 2. The van der Waals surface area contributed by atoms with Gasteiger partial charge in [-0.05, 0) is 43.5 Å². The van der Waals surface area contributed by atoms with Crippen LogP contribution in [0, 0.1) is 0 Å². The Morgan fingerprint density at radius 1 is 1.10 bits per heavy atom. The van der Waals surface area contributed by atoms with Gasteiger partial charge in [0.1, 0.15) is 5.82 Å². The number of benzene rings is 1. The summed E-state index contributed by atoms with van der Waals surface area (Å²) in [6.45, 7) is 5.15. The summed E-state index contributed by atoms with van der Waals surface area (Å²) >= 11 is 0. The van der Waals surface area contributed by atoms with E-state index in [1.807, 2.05) is 24.3 Å². The van der Waals surface area contributed by atoms with Crippen LogP contribution in [0.3, 0.4) is 0 Å². The van der Waals surface area contributed by atoms with E-state index in [0.717, 1.165) is 43.0 Å². The highest BCUT2D eigenvalue weighted by Gasteiger charge is 2.28. The molecule has 7 nitrogen and oxygen atoms in total. The number of pyridine rings is 1. The highest BCUT2D eigenvalue weighted by Crippen LogP contribution is 2.27. The summed E-state index contributed by atoms with van der Waals surface area (Å²) in [4.78, 5) is 33.6.